The Hall–Kier alpha value is -3.02. The van der Waals surface area contributed by atoms with Crippen molar-refractivity contribution in [3.05, 3.63) is 59.2 Å². The topological polar surface area (TPSA) is 61.9 Å². The van der Waals surface area contributed by atoms with Crippen molar-refractivity contribution in [3.63, 3.8) is 0 Å². The van der Waals surface area contributed by atoms with Gasteiger partial charge in [-0.3, -0.25) is 9.59 Å². The Morgan fingerprint density at radius 1 is 1.17 bits per heavy atom. The fraction of sp³-hybridized carbons (Fsp3) is 0.417. The van der Waals surface area contributed by atoms with Crippen LogP contribution in [0.1, 0.15) is 58.9 Å². The van der Waals surface area contributed by atoms with Crippen LogP contribution < -0.4 is 15.0 Å². The molecule has 1 fully saturated rings. The van der Waals surface area contributed by atoms with E-state index < -0.39 is 0 Å². The number of fused-ring (bicyclic) bond motifs is 2. The van der Waals surface area contributed by atoms with E-state index in [1.54, 1.807) is 19.2 Å². The third kappa shape index (κ3) is 3.74. The molecule has 2 amide bonds. The minimum atomic E-state index is -0.157. The van der Waals surface area contributed by atoms with Crippen LogP contribution in [-0.2, 0) is 6.54 Å². The summed E-state index contributed by atoms with van der Waals surface area (Å²) in [6.07, 6.45) is 4.40. The molecule has 2 aromatic rings. The summed E-state index contributed by atoms with van der Waals surface area (Å²) in [6, 6.07) is 13.1. The van der Waals surface area contributed by atoms with E-state index >= 15 is 0 Å². The van der Waals surface area contributed by atoms with E-state index in [0.717, 1.165) is 55.8 Å². The maximum absolute atomic E-state index is 13.1. The molecule has 1 N–H and O–H groups in total. The highest BCUT2D eigenvalue weighted by Crippen LogP contribution is 2.35. The zero-order chi connectivity index (χ0) is 21.1. The number of amides is 2. The average Bonchev–Trinajstić information content (AvgIpc) is 3.04. The number of nitrogens with one attached hydrogen (secondary N) is 1. The number of carbonyl (C=O) groups is 2. The van der Waals surface area contributed by atoms with Crippen LogP contribution in [0.2, 0.25) is 0 Å². The number of hydrogen-bond donors (Lipinski definition) is 1. The lowest BCUT2D eigenvalue weighted by Gasteiger charge is -2.44. The summed E-state index contributed by atoms with van der Waals surface area (Å²) < 4.78 is 5.36. The lowest BCUT2D eigenvalue weighted by atomic mass is 10.0. The van der Waals surface area contributed by atoms with E-state index in [1.807, 2.05) is 35.2 Å². The molecule has 158 valence electrons. The maximum atomic E-state index is 13.1. The molecule has 1 saturated heterocycles. The van der Waals surface area contributed by atoms with Gasteiger partial charge in [-0.15, -0.1) is 0 Å². The number of para-hydroxylation sites is 1. The van der Waals surface area contributed by atoms with E-state index in [2.05, 4.69) is 17.1 Å². The summed E-state index contributed by atoms with van der Waals surface area (Å²) >= 11 is 0. The first-order valence-electron chi connectivity index (χ1n) is 10.8. The Balaban J connectivity index is 1.58. The molecule has 0 bridgehead atoms. The maximum Gasteiger partial charge on any atom is 0.257 e. The summed E-state index contributed by atoms with van der Waals surface area (Å²) in [5.41, 5.74) is 3.05. The van der Waals surface area contributed by atoms with Gasteiger partial charge in [0.15, 0.2) is 0 Å². The summed E-state index contributed by atoms with van der Waals surface area (Å²) in [5, 5.41) is 2.97. The molecule has 0 aliphatic carbocycles. The Morgan fingerprint density at radius 2 is 2.00 bits per heavy atom. The Kier molecular flexibility index (Phi) is 5.93. The largest absolute Gasteiger partial charge is 0.496 e. The first kappa shape index (κ1) is 20.3. The van der Waals surface area contributed by atoms with Gasteiger partial charge < -0.3 is 19.9 Å². The van der Waals surface area contributed by atoms with Crippen molar-refractivity contribution in [1.82, 2.24) is 10.2 Å². The number of methoxy groups -OCH3 is 1. The zero-order valence-electron chi connectivity index (χ0n) is 17.7. The SMILES string of the molecule is CCN1c2cc(C(=O)NCc3ccccc3OC)ccc2C(=O)N2CCCCC[C@@H]21. The van der Waals surface area contributed by atoms with Gasteiger partial charge in [0.05, 0.1) is 18.4 Å². The number of ether oxygens (including phenoxy) is 1. The lowest BCUT2D eigenvalue weighted by Crippen LogP contribution is -2.55. The summed E-state index contributed by atoms with van der Waals surface area (Å²) in [7, 11) is 1.62. The Bertz CT molecular complexity index is 943. The van der Waals surface area contributed by atoms with Crippen LogP contribution >= 0.6 is 0 Å². The van der Waals surface area contributed by atoms with Crippen LogP contribution in [0.25, 0.3) is 0 Å². The predicted octanol–water partition coefficient (Wildman–Crippen LogP) is 3.81. The molecular formula is C24H29N3O3. The van der Waals surface area contributed by atoms with E-state index in [4.69, 9.17) is 4.74 Å². The molecule has 2 aromatic carbocycles. The van der Waals surface area contributed by atoms with Crippen molar-refractivity contribution in [2.45, 2.75) is 45.3 Å². The second kappa shape index (κ2) is 8.78. The van der Waals surface area contributed by atoms with Gasteiger partial charge in [-0.05, 0) is 50.5 Å². The molecule has 2 aliphatic rings. The van der Waals surface area contributed by atoms with Crippen molar-refractivity contribution in [3.8, 4) is 5.75 Å². The van der Waals surface area contributed by atoms with Crippen LogP contribution in [0.15, 0.2) is 42.5 Å². The standard InChI is InChI=1S/C24H29N3O3/c1-3-26-20-15-17(23(28)25-16-18-9-6-7-10-21(18)30-2)12-13-19(20)24(29)27-14-8-4-5-11-22(26)27/h6-7,9-10,12-13,15,22H,3-5,8,11,14,16H2,1-2H3,(H,25,28)/t22-/m1/s1. The Morgan fingerprint density at radius 3 is 2.80 bits per heavy atom. The molecule has 0 unspecified atom stereocenters. The van der Waals surface area contributed by atoms with Crippen LogP contribution in [0.3, 0.4) is 0 Å². The monoisotopic (exact) mass is 407 g/mol. The van der Waals surface area contributed by atoms with Gasteiger partial charge in [0.25, 0.3) is 11.8 Å². The second-order valence-electron chi connectivity index (χ2n) is 7.84. The third-order valence-corrected chi connectivity index (χ3v) is 6.11. The van der Waals surface area contributed by atoms with Crippen molar-refractivity contribution < 1.29 is 14.3 Å². The first-order chi connectivity index (χ1) is 14.6. The Labute approximate surface area is 177 Å². The number of nitrogens with zero attached hydrogens (tertiary/aromatic N) is 2. The molecule has 4 rings (SSSR count). The molecule has 0 radical (unpaired) electrons. The van der Waals surface area contributed by atoms with Crippen molar-refractivity contribution >= 4 is 17.5 Å². The van der Waals surface area contributed by atoms with Gasteiger partial charge in [-0.1, -0.05) is 24.6 Å². The van der Waals surface area contributed by atoms with Crippen LogP contribution in [0, 0.1) is 0 Å². The first-order valence-corrected chi connectivity index (χ1v) is 10.8. The minimum absolute atomic E-state index is 0.0857. The molecule has 0 saturated carbocycles. The lowest BCUT2D eigenvalue weighted by molar-refractivity contribution is 0.0656. The van der Waals surface area contributed by atoms with Crippen LogP contribution in [0.5, 0.6) is 5.75 Å². The van der Waals surface area contributed by atoms with Gasteiger partial charge in [-0.25, -0.2) is 0 Å². The highest BCUT2D eigenvalue weighted by molar-refractivity contribution is 6.04. The van der Waals surface area contributed by atoms with Crippen molar-refractivity contribution in [2.75, 3.05) is 25.1 Å². The normalized spacial score (nSPS) is 18.3. The number of rotatable bonds is 5. The number of anilines is 1. The predicted molar refractivity (Wildman–Crippen MR) is 117 cm³/mol. The van der Waals surface area contributed by atoms with E-state index in [0.29, 0.717) is 17.7 Å². The van der Waals surface area contributed by atoms with Gasteiger partial charge in [0, 0.05) is 30.8 Å². The van der Waals surface area contributed by atoms with Gasteiger partial charge in [-0.2, -0.15) is 0 Å². The molecule has 0 aromatic heterocycles. The molecule has 30 heavy (non-hydrogen) atoms. The molecule has 6 nitrogen and oxygen atoms in total. The molecule has 2 aliphatic heterocycles. The van der Waals surface area contributed by atoms with Gasteiger partial charge in [0.1, 0.15) is 11.9 Å². The smallest absolute Gasteiger partial charge is 0.257 e. The minimum Gasteiger partial charge on any atom is -0.496 e. The fourth-order valence-electron chi connectivity index (χ4n) is 4.57. The highest BCUT2D eigenvalue weighted by atomic mass is 16.5. The summed E-state index contributed by atoms with van der Waals surface area (Å²) in [5.74, 6) is 0.678. The second-order valence-corrected chi connectivity index (χ2v) is 7.84. The highest BCUT2D eigenvalue weighted by Gasteiger charge is 2.37. The fourth-order valence-corrected chi connectivity index (χ4v) is 4.57. The molecule has 1 atom stereocenters. The third-order valence-electron chi connectivity index (χ3n) is 6.11. The van der Waals surface area contributed by atoms with Gasteiger partial charge in [0.2, 0.25) is 0 Å². The zero-order valence-corrected chi connectivity index (χ0v) is 17.7. The number of hydrogen-bond acceptors (Lipinski definition) is 4. The molecular weight excluding hydrogens is 378 g/mol. The molecule has 6 heteroatoms. The molecule has 2 heterocycles. The van der Waals surface area contributed by atoms with Crippen molar-refractivity contribution in [1.29, 1.82) is 0 Å². The van der Waals surface area contributed by atoms with Gasteiger partial charge >= 0.3 is 0 Å². The molecule has 0 spiro atoms. The van der Waals surface area contributed by atoms with Crippen LogP contribution in [0.4, 0.5) is 5.69 Å². The van der Waals surface area contributed by atoms with Crippen molar-refractivity contribution in [2.24, 2.45) is 0 Å². The summed E-state index contributed by atoms with van der Waals surface area (Å²) in [4.78, 5) is 30.3. The quantitative estimate of drug-likeness (QED) is 0.819. The van der Waals surface area contributed by atoms with E-state index in [1.165, 1.54) is 0 Å². The number of benzene rings is 2. The van der Waals surface area contributed by atoms with E-state index in [-0.39, 0.29) is 18.0 Å². The number of carbonyl (C=O) groups excluding carboxylic acids is 2. The van der Waals surface area contributed by atoms with E-state index in [9.17, 15) is 9.59 Å². The average molecular weight is 408 g/mol. The summed E-state index contributed by atoms with van der Waals surface area (Å²) in [6.45, 7) is 4.10. The van der Waals surface area contributed by atoms with Crippen LogP contribution in [-0.4, -0.2) is 43.1 Å².